The van der Waals surface area contributed by atoms with Crippen LogP contribution in [0.25, 0.3) is 0 Å². The minimum absolute atomic E-state index is 0.389. The van der Waals surface area contributed by atoms with Crippen LogP contribution < -0.4 is 5.73 Å². The molecular formula is C12H16N4. The molecule has 1 aromatic carbocycles. The van der Waals surface area contributed by atoms with Gasteiger partial charge in [-0.1, -0.05) is 18.2 Å². The lowest BCUT2D eigenvalue weighted by Crippen LogP contribution is -2.04. The van der Waals surface area contributed by atoms with E-state index in [1.165, 1.54) is 16.7 Å². The van der Waals surface area contributed by atoms with Gasteiger partial charge in [-0.25, -0.2) is 9.67 Å². The lowest BCUT2D eigenvalue weighted by molar-refractivity contribution is 0.671. The molecule has 0 saturated carbocycles. The highest BCUT2D eigenvalue weighted by Gasteiger charge is 2.01. The van der Waals surface area contributed by atoms with Crippen molar-refractivity contribution in [1.82, 2.24) is 14.8 Å². The van der Waals surface area contributed by atoms with E-state index in [0.29, 0.717) is 12.4 Å². The van der Waals surface area contributed by atoms with Crippen molar-refractivity contribution in [3.8, 4) is 0 Å². The van der Waals surface area contributed by atoms with E-state index in [0.717, 1.165) is 6.54 Å². The lowest BCUT2D eigenvalue weighted by atomic mass is 10.1. The fraction of sp³-hybridized carbons (Fsp3) is 0.333. The maximum Gasteiger partial charge on any atom is 0.164 e. The number of aromatic nitrogens is 3. The molecule has 0 atom stereocenters. The van der Waals surface area contributed by atoms with Crippen LogP contribution in [-0.2, 0) is 13.1 Å². The van der Waals surface area contributed by atoms with E-state index < -0.39 is 0 Å². The van der Waals surface area contributed by atoms with Gasteiger partial charge in [0.25, 0.3) is 0 Å². The first kappa shape index (κ1) is 10.8. The van der Waals surface area contributed by atoms with Gasteiger partial charge in [0.05, 0.1) is 13.1 Å². The van der Waals surface area contributed by atoms with Gasteiger partial charge in [-0.3, -0.25) is 0 Å². The molecule has 0 aliphatic heterocycles. The van der Waals surface area contributed by atoms with Crippen molar-refractivity contribution >= 4 is 0 Å². The molecule has 4 nitrogen and oxygen atoms in total. The SMILES string of the molecule is Cc1ccc(Cn2cnc(CN)n2)cc1C. The third kappa shape index (κ3) is 2.28. The second kappa shape index (κ2) is 4.45. The highest BCUT2D eigenvalue weighted by molar-refractivity contribution is 5.29. The molecule has 0 aliphatic rings. The van der Waals surface area contributed by atoms with E-state index in [4.69, 9.17) is 5.73 Å². The van der Waals surface area contributed by atoms with Crippen LogP contribution in [0.3, 0.4) is 0 Å². The van der Waals surface area contributed by atoms with E-state index in [-0.39, 0.29) is 0 Å². The summed E-state index contributed by atoms with van der Waals surface area (Å²) in [7, 11) is 0. The smallest absolute Gasteiger partial charge is 0.164 e. The molecule has 0 fully saturated rings. The van der Waals surface area contributed by atoms with E-state index in [9.17, 15) is 0 Å². The van der Waals surface area contributed by atoms with Crippen molar-refractivity contribution < 1.29 is 0 Å². The van der Waals surface area contributed by atoms with Gasteiger partial charge >= 0.3 is 0 Å². The van der Waals surface area contributed by atoms with Gasteiger partial charge in [0, 0.05) is 0 Å². The summed E-state index contributed by atoms with van der Waals surface area (Å²) >= 11 is 0. The Hall–Kier alpha value is -1.68. The number of benzene rings is 1. The van der Waals surface area contributed by atoms with E-state index in [2.05, 4.69) is 42.1 Å². The number of nitrogens with zero attached hydrogens (tertiary/aromatic N) is 3. The van der Waals surface area contributed by atoms with Crippen LogP contribution in [0.15, 0.2) is 24.5 Å². The van der Waals surface area contributed by atoms with E-state index >= 15 is 0 Å². The monoisotopic (exact) mass is 216 g/mol. The van der Waals surface area contributed by atoms with Crippen molar-refractivity contribution in [2.45, 2.75) is 26.9 Å². The molecule has 0 radical (unpaired) electrons. The van der Waals surface area contributed by atoms with E-state index in [1.807, 2.05) is 4.68 Å². The van der Waals surface area contributed by atoms with Crippen molar-refractivity contribution in [2.24, 2.45) is 5.73 Å². The maximum atomic E-state index is 5.46. The normalized spacial score (nSPS) is 10.7. The molecule has 84 valence electrons. The van der Waals surface area contributed by atoms with Crippen molar-refractivity contribution in [1.29, 1.82) is 0 Å². The first-order chi connectivity index (χ1) is 7.69. The quantitative estimate of drug-likeness (QED) is 0.843. The molecule has 4 heteroatoms. The summed E-state index contributed by atoms with van der Waals surface area (Å²) in [6, 6.07) is 6.43. The summed E-state index contributed by atoms with van der Waals surface area (Å²) in [6.45, 7) is 5.36. The van der Waals surface area contributed by atoms with Crippen LogP contribution in [0.4, 0.5) is 0 Å². The average molecular weight is 216 g/mol. The topological polar surface area (TPSA) is 56.7 Å². The molecule has 1 heterocycles. The molecular weight excluding hydrogens is 200 g/mol. The fourth-order valence-electron chi connectivity index (χ4n) is 1.59. The summed E-state index contributed by atoms with van der Waals surface area (Å²) in [6.07, 6.45) is 1.72. The Morgan fingerprint density at radius 1 is 1.25 bits per heavy atom. The Morgan fingerprint density at radius 2 is 2.06 bits per heavy atom. The Morgan fingerprint density at radius 3 is 2.69 bits per heavy atom. The molecule has 0 saturated heterocycles. The van der Waals surface area contributed by atoms with Crippen molar-refractivity contribution in [3.05, 3.63) is 47.0 Å². The lowest BCUT2D eigenvalue weighted by Gasteiger charge is -2.04. The van der Waals surface area contributed by atoms with Crippen LogP contribution >= 0.6 is 0 Å². The van der Waals surface area contributed by atoms with Crippen LogP contribution in [0.1, 0.15) is 22.5 Å². The molecule has 2 rings (SSSR count). The number of hydrogen-bond donors (Lipinski definition) is 1. The average Bonchev–Trinajstić information content (AvgIpc) is 2.71. The first-order valence-corrected chi connectivity index (χ1v) is 5.33. The summed E-state index contributed by atoms with van der Waals surface area (Å²) in [5.41, 5.74) is 9.31. The predicted octanol–water partition coefficient (Wildman–Crippen LogP) is 1.40. The summed E-state index contributed by atoms with van der Waals surface area (Å²) in [4.78, 5) is 4.10. The predicted molar refractivity (Wildman–Crippen MR) is 62.9 cm³/mol. The van der Waals surface area contributed by atoms with Gasteiger partial charge in [0.1, 0.15) is 6.33 Å². The summed E-state index contributed by atoms with van der Waals surface area (Å²) in [5.74, 6) is 0.684. The summed E-state index contributed by atoms with van der Waals surface area (Å²) < 4.78 is 1.81. The molecule has 2 N–H and O–H groups in total. The fourth-order valence-corrected chi connectivity index (χ4v) is 1.59. The van der Waals surface area contributed by atoms with Crippen LogP contribution in [0, 0.1) is 13.8 Å². The Kier molecular flexibility index (Phi) is 3.01. The molecule has 0 aliphatic carbocycles. The standard InChI is InChI=1S/C12H16N4/c1-9-3-4-11(5-10(9)2)7-16-8-14-12(6-13)15-16/h3-5,8H,6-7,13H2,1-2H3. The van der Waals surface area contributed by atoms with Gasteiger partial charge in [0.2, 0.25) is 0 Å². The molecule has 2 aromatic rings. The van der Waals surface area contributed by atoms with Crippen LogP contribution in [0.2, 0.25) is 0 Å². The van der Waals surface area contributed by atoms with Gasteiger partial charge in [-0.15, -0.1) is 0 Å². The largest absolute Gasteiger partial charge is 0.324 e. The van der Waals surface area contributed by atoms with Gasteiger partial charge < -0.3 is 5.73 Å². The second-order valence-corrected chi connectivity index (χ2v) is 3.98. The molecule has 16 heavy (non-hydrogen) atoms. The number of nitrogens with two attached hydrogens (primary N) is 1. The van der Waals surface area contributed by atoms with Gasteiger partial charge in [-0.05, 0) is 30.5 Å². The molecule has 0 amide bonds. The Bertz CT molecular complexity index is 488. The minimum atomic E-state index is 0.389. The third-order valence-electron chi connectivity index (χ3n) is 2.68. The van der Waals surface area contributed by atoms with Gasteiger partial charge in [-0.2, -0.15) is 5.10 Å². The van der Waals surface area contributed by atoms with Crippen molar-refractivity contribution in [3.63, 3.8) is 0 Å². The number of hydrogen-bond acceptors (Lipinski definition) is 3. The number of rotatable bonds is 3. The molecule has 1 aromatic heterocycles. The van der Waals surface area contributed by atoms with Crippen molar-refractivity contribution in [2.75, 3.05) is 0 Å². The Labute approximate surface area is 95.1 Å². The maximum absolute atomic E-state index is 5.46. The first-order valence-electron chi connectivity index (χ1n) is 5.33. The minimum Gasteiger partial charge on any atom is -0.324 e. The zero-order chi connectivity index (χ0) is 11.5. The summed E-state index contributed by atoms with van der Waals surface area (Å²) in [5, 5.41) is 4.26. The molecule has 0 unspecified atom stereocenters. The van der Waals surface area contributed by atoms with Crippen LogP contribution in [0.5, 0.6) is 0 Å². The van der Waals surface area contributed by atoms with Gasteiger partial charge in [0.15, 0.2) is 5.82 Å². The highest BCUT2D eigenvalue weighted by Crippen LogP contribution is 2.10. The zero-order valence-electron chi connectivity index (χ0n) is 9.64. The zero-order valence-corrected chi connectivity index (χ0v) is 9.64. The molecule has 0 spiro atoms. The third-order valence-corrected chi connectivity index (χ3v) is 2.68. The van der Waals surface area contributed by atoms with Crippen LogP contribution in [-0.4, -0.2) is 14.8 Å². The Balaban J connectivity index is 2.17. The highest BCUT2D eigenvalue weighted by atomic mass is 15.3. The number of aryl methyl sites for hydroxylation is 2. The molecule has 0 bridgehead atoms. The second-order valence-electron chi connectivity index (χ2n) is 3.98. The van der Waals surface area contributed by atoms with E-state index in [1.54, 1.807) is 6.33 Å².